The van der Waals surface area contributed by atoms with Gasteiger partial charge in [-0.1, -0.05) is 42.5 Å². The second-order valence-electron chi connectivity index (χ2n) is 9.65. The molecule has 1 saturated heterocycles. The molecule has 5 rings (SSSR count). The van der Waals surface area contributed by atoms with Gasteiger partial charge in [-0.25, -0.2) is 0 Å². The van der Waals surface area contributed by atoms with Gasteiger partial charge in [-0.2, -0.15) is 0 Å². The highest BCUT2D eigenvalue weighted by molar-refractivity contribution is 5.78. The van der Waals surface area contributed by atoms with Gasteiger partial charge in [-0.05, 0) is 48.1 Å². The number of benzene rings is 2. The van der Waals surface area contributed by atoms with Crippen LogP contribution in [0.1, 0.15) is 35.6 Å². The third kappa shape index (κ3) is 5.80. The summed E-state index contributed by atoms with van der Waals surface area (Å²) in [5.41, 5.74) is 5.20. The van der Waals surface area contributed by atoms with Crippen molar-refractivity contribution in [3.63, 3.8) is 0 Å². The van der Waals surface area contributed by atoms with Crippen molar-refractivity contribution in [2.75, 3.05) is 32.8 Å². The van der Waals surface area contributed by atoms with Crippen molar-refractivity contribution in [1.82, 2.24) is 25.0 Å². The van der Waals surface area contributed by atoms with E-state index in [2.05, 4.69) is 80.4 Å². The monoisotopic (exact) mass is 473 g/mol. The molecule has 0 aliphatic carbocycles. The summed E-state index contributed by atoms with van der Waals surface area (Å²) >= 11 is 0. The average Bonchev–Trinajstić information content (AvgIpc) is 3.16. The van der Waals surface area contributed by atoms with Crippen LogP contribution in [0.15, 0.2) is 48.5 Å². The van der Waals surface area contributed by atoms with Gasteiger partial charge >= 0.3 is 0 Å². The molecule has 184 valence electrons. The van der Waals surface area contributed by atoms with E-state index in [1.165, 1.54) is 22.3 Å². The number of carbonyl (C=O) groups excluding carboxylic acids is 1. The van der Waals surface area contributed by atoms with Gasteiger partial charge in [-0.3, -0.25) is 9.69 Å². The molecular formula is C28H35N5O2. The Morgan fingerprint density at radius 1 is 1.06 bits per heavy atom. The minimum Gasteiger partial charge on any atom is -0.381 e. The maximum atomic E-state index is 12.4. The van der Waals surface area contributed by atoms with Crippen molar-refractivity contribution in [3.05, 3.63) is 71.3 Å². The number of aromatic nitrogens is 3. The quantitative estimate of drug-likeness (QED) is 0.570. The highest BCUT2D eigenvalue weighted by Crippen LogP contribution is 2.24. The van der Waals surface area contributed by atoms with Crippen molar-refractivity contribution in [3.8, 4) is 11.1 Å². The van der Waals surface area contributed by atoms with Crippen LogP contribution in [0.4, 0.5) is 0 Å². The molecule has 1 amide bonds. The van der Waals surface area contributed by atoms with Crippen LogP contribution < -0.4 is 5.32 Å². The van der Waals surface area contributed by atoms with E-state index in [1.54, 1.807) is 0 Å². The molecule has 1 fully saturated rings. The molecule has 2 aliphatic rings. The zero-order valence-corrected chi connectivity index (χ0v) is 20.6. The lowest BCUT2D eigenvalue weighted by Crippen LogP contribution is -2.35. The van der Waals surface area contributed by atoms with Crippen LogP contribution in [0, 0.1) is 12.8 Å². The maximum Gasteiger partial charge on any atom is 0.223 e. The number of fused-ring (bicyclic) bond motifs is 1. The van der Waals surface area contributed by atoms with Gasteiger partial charge in [0.15, 0.2) is 0 Å². The minimum atomic E-state index is 0.0807. The summed E-state index contributed by atoms with van der Waals surface area (Å²) in [5, 5.41) is 12.0. The van der Waals surface area contributed by atoms with Gasteiger partial charge in [0.2, 0.25) is 5.91 Å². The van der Waals surface area contributed by atoms with Crippen LogP contribution >= 0.6 is 0 Å². The molecule has 3 aromatic rings. The first-order chi connectivity index (χ1) is 17.2. The van der Waals surface area contributed by atoms with Crippen LogP contribution in [-0.2, 0) is 35.5 Å². The molecule has 35 heavy (non-hydrogen) atoms. The van der Waals surface area contributed by atoms with E-state index >= 15 is 0 Å². The number of carbonyl (C=O) groups is 1. The summed E-state index contributed by atoms with van der Waals surface area (Å²) in [4.78, 5) is 14.9. The molecule has 2 aliphatic heterocycles. The zero-order valence-electron chi connectivity index (χ0n) is 20.6. The summed E-state index contributed by atoms with van der Waals surface area (Å²) < 4.78 is 7.61. The van der Waals surface area contributed by atoms with Crippen LogP contribution in [0.25, 0.3) is 11.1 Å². The minimum absolute atomic E-state index is 0.0807. The normalized spacial score (nSPS) is 17.1. The van der Waals surface area contributed by atoms with Crippen molar-refractivity contribution in [2.24, 2.45) is 5.92 Å². The Balaban J connectivity index is 1.16. The molecule has 0 bridgehead atoms. The van der Waals surface area contributed by atoms with Gasteiger partial charge in [0, 0.05) is 64.7 Å². The van der Waals surface area contributed by atoms with Crippen LogP contribution in [0.3, 0.4) is 0 Å². The predicted molar refractivity (Wildman–Crippen MR) is 136 cm³/mol. The zero-order chi connectivity index (χ0) is 24.0. The van der Waals surface area contributed by atoms with E-state index in [9.17, 15) is 4.79 Å². The number of hydrogen-bond donors (Lipinski definition) is 1. The first-order valence-electron chi connectivity index (χ1n) is 12.8. The fraction of sp³-hybridized carbons (Fsp3) is 0.464. The first-order valence-corrected chi connectivity index (χ1v) is 12.8. The SMILES string of the molecule is Cc1ccccc1-c1cccc(CN2CCc3nnc(CCNC(=O)C4CCOCC4)n3CC2)c1. The lowest BCUT2D eigenvalue weighted by molar-refractivity contribution is -0.127. The average molecular weight is 474 g/mol. The van der Waals surface area contributed by atoms with Crippen molar-refractivity contribution < 1.29 is 9.53 Å². The fourth-order valence-electron chi connectivity index (χ4n) is 5.16. The number of nitrogens with one attached hydrogen (secondary N) is 1. The molecule has 0 radical (unpaired) electrons. The molecule has 1 aromatic heterocycles. The number of nitrogens with zero attached hydrogens (tertiary/aromatic N) is 4. The molecule has 3 heterocycles. The molecule has 0 spiro atoms. The number of aryl methyl sites for hydroxylation is 1. The van der Waals surface area contributed by atoms with Gasteiger partial charge in [0.05, 0.1) is 0 Å². The number of hydrogen-bond acceptors (Lipinski definition) is 5. The molecule has 1 N–H and O–H groups in total. The Morgan fingerprint density at radius 2 is 1.91 bits per heavy atom. The third-order valence-electron chi connectivity index (χ3n) is 7.22. The smallest absolute Gasteiger partial charge is 0.223 e. The lowest BCUT2D eigenvalue weighted by Gasteiger charge is -2.21. The molecule has 7 nitrogen and oxygen atoms in total. The summed E-state index contributed by atoms with van der Waals surface area (Å²) in [7, 11) is 0. The number of amides is 1. The Kier molecular flexibility index (Phi) is 7.54. The topological polar surface area (TPSA) is 72.3 Å². The molecule has 7 heteroatoms. The summed E-state index contributed by atoms with van der Waals surface area (Å²) in [6, 6.07) is 17.5. The van der Waals surface area contributed by atoms with Gasteiger partial charge in [-0.15, -0.1) is 10.2 Å². The number of ether oxygens (including phenoxy) is 1. The molecule has 0 saturated carbocycles. The van der Waals surface area contributed by atoms with Crippen molar-refractivity contribution >= 4 is 5.91 Å². The fourth-order valence-corrected chi connectivity index (χ4v) is 5.16. The summed E-state index contributed by atoms with van der Waals surface area (Å²) in [5.74, 6) is 2.24. The Bertz CT molecular complexity index is 1150. The molecular weight excluding hydrogens is 438 g/mol. The second-order valence-corrected chi connectivity index (χ2v) is 9.65. The molecule has 0 unspecified atom stereocenters. The highest BCUT2D eigenvalue weighted by atomic mass is 16.5. The Morgan fingerprint density at radius 3 is 2.77 bits per heavy atom. The van der Waals surface area contributed by atoms with E-state index in [1.807, 2.05) is 0 Å². The van der Waals surface area contributed by atoms with Gasteiger partial charge in [0.25, 0.3) is 0 Å². The Labute approximate surface area is 207 Å². The van der Waals surface area contributed by atoms with E-state index in [0.717, 1.165) is 57.1 Å². The standard InChI is InChI=1S/C28H35N5O2/c1-21-5-2-3-8-25(21)24-7-4-6-22(19-24)20-32-14-10-27-31-30-26(33(27)16-15-32)9-13-29-28(34)23-11-17-35-18-12-23/h2-8,19,23H,9-18,20H2,1H3,(H,29,34). The lowest BCUT2D eigenvalue weighted by atomic mass is 9.99. The molecule has 2 aromatic carbocycles. The second kappa shape index (κ2) is 11.1. The number of rotatable bonds is 7. The third-order valence-corrected chi connectivity index (χ3v) is 7.22. The van der Waals surface area contributed by atoms with Gasteiger partial charge in [0.1, 0.15) is 11.6 Å². The first kappa shape index (κ1) is 23.7. The van der Waals surface area contributed by atoms with E-state index in [-0.39, 0.29) is 11.8 Å². The van der Waals surface area contributed by atoms with Crippen LogP contribution in [0.2, 0.25) is 0 Å². The van der Waals surface area contributed by atoms with E-state index in [4.69, 9.17) is 4.74 Å². The Hall–Kier alpha value is -3.03. The van der Waals surface area contributed by atoms with Crippen molar-refractivity contribution in [2.45, 2.75) is 45.7 Å². The molecule has 0 atom stereocenters. The van der Waals surface area contributed by atoms with Crippen LogP contribution in [0.5, 0.6) is 0 Å². The van der Waals surface area contributed by atoms with Crippen molar-refractivity contribution in [1.29, 1.82) is 0 Å². The van der Waals surface area contributed by atoms with E-state index < -0.39 is 0 Å². The highest BCUT2D eigenvalue weighted by Gasteiger charge is 2.22. The van der Waals surface area contributed by atoms with E-state index in [0.29, 0.717) is 26.2 Å². The largest absolute Gasteiger partial charge is 0.381 e. The maximum absolute atomic E-state index is 12.4. The van der Waals surface area contributed by atoms with Crippen LogP contribution in [-0.4, -0.2) is 58.4 Å². The predicted octanol–water partition coefficient (Wildman–Crippen LogP) is 3.40. The summed E-state index contributed by atoms with van der Waals surface area (Å²) in [6.45, 7) is 7.86. The van der Waals surface area contributed by atoms with Gasteiger partial charge < -0.3 is 14.6 Å². The summed E-state index contributed by atoms with van der Waals surface area (Å²) in [6.07, 6.45) is 3.23.